The monoisotopic (exact) mass is 300 g/mol. The summed E-state index contributed by atoms with van der Waals surface area (Å²) < 4.78 is 4.27. The second-order valence-electron chi connectivity index (χ2n) is 4.14. The number of hydrogen-bond donors (Lipinski definition) is 1. The average Bonchev–Trinajstić information content (AvgIpc) is 2.64. The van der Waals surface area contributed by atoms with Gasteiger partial charge in [0.2, 0.25) is 0 Å². The van der Waals surface area contributed by atoms with Crippen molar-refractivity contribution in [3.8, 4) is 0 Å². The Kier molecular flexibility index (Phi) is 4.16. The molecule has 1 aromatic rings. The second kappa shape index (κ2) is 5.43. The van der Waals surface area contributed by atoms with Crippen LogP contribution in [0.1, 0.15) is 19.8 Å². The van der Waals surface area contributed by atoms with E-state index in [9.17, 15) is 0 Å². The Bertz CT molecular complexity index is 370. The number of hydrogen-bond acceptors (Lipinski definition) is 3. The fourth-order valence-corrected chi connectivity index (χ4v) is 3.44. The molecule has 1 aliphatic rings. The highest BCUT2D eigenvalue weighted by molar-refractivity contribution is 9.10. The van der Waals surface area contributed by atoms with Gasteiger partial charge in [0.15, 0.2) is 0 Å². The van der Waals surface area contributed by atoms with Crippen molar-refractivity contribution in [2.45, 2.75) is 30.7 Å². The lowest BCUT2D eigenvalue weighted by atomic mass is 10.2. The lowest BCUT2D eigenvalue weighted by Crippen LogP contribution is -2.26. The lowest BCUT2D eigenvalue weighted by Gasteiger charge is -2.24. The normalized spacial score (nSPS) is 20.4. The van der Waals surface area contributed by atoms with E-state index in [1.807, 2.05) is 7.05 Å². The molecule has 2 rings (SSSR count). The minimum absolute atomic E-state index is 0.668. The second-order valence-corrected chi connectivity index (χ2v) is 6.14. The topological polar surface area (TPSA) is 15.3 Å². The fourth-order valence-electron chi connectivity index (χ4n) is 2.21. The van der Waals surface area contributed by atoms with Crippen molar-refractivity contribution in [3.05, 3.63) is 22.7 Å². The van der Waals surface area contributed by atoms with E-state index >= 15 is 0 Å². The molecule has 4 heteroatoms. The molecule has 0 aliphatic carbocycles. The van der Waals surface area contributed by atoms with Crippen LogP contribution in [0, 0.1) is 0 Å². The van der Waals surface area contributed by atoms with Crippen LogP contribution in [0.2, 0.25) is 0 Å². The summed E-state index contributed by atoms with van der Waals surface area (Å²) in [7, 11) is 1.95. The SMILES string of the molecule is CNSc1cc(Br)cc(N2CCCC2C)c1. The largest absolute Gasteiger partial charge is 0.369 e. The van der Waals surface area contributed by atoms with E-state index in [0.29, 0.717) is 6.04 Å². The van der Waals surface area contributed by atoms with Crippen molar-refractivity contribution < 1.29 is 0 Å². The van der Waals surface area contributed by atoms with Gasteiger partial charge in [-0.1, -0.05) is 15.9 Å². The molecule has 0 spiro atoms. The van der Waals surface area contributed by atoms with Gasteiger partial charge in [-0.25, -0.2) is 0 Å². The third kappa shape index (κ3) is 2.73. The minimum Gasteiger partial charge on any atom is -0.369 e. The molecule has 16 heavy (non-hydrogen) atoms. The molecular formula is C12H17BrN2S. The first-order valence-corrected chi connectivity index (χ1v) is 7.22. The third-order valence-electron chi connectivity index (χ3n) is 2.96. The molecule has 1 atom stereocenters. The van der Waals surface area contributed by atoms with E-state index in [-0.39, 0.29) is 0 Å². The molecule has 0 saturated carbocycles. The van der Waals surface area contributed by atoms with Crippen molar-refractivity contribution in [2.75, 3.05) is 18.5 Å². The summed E-state index contributed by atoms with van der Waals surface area (Å²) in [6.45, 7) is 3.49. The molecule has 1 heterocycles. The molecule has 1 aromatic carbocycles. The van der Waals surface area contributed by atoms with Gasteiger partial charge in [0.05, 0.1) is 0 Å². The number of benzene rings is 1. The van der Waals surface area contributed by atoms with E-state index < -0.39 is 0 Å². The van der Waals surface area contributed by atoms with E-state index in [1.165, 1.54) is 30.0 Å². The molecule has 1 unspecified atom stereocenters. The summed E-state index contributed by atoms with van der Waals surface area (Å²) >= 11 is 5.24. The molecule has 1 saturated heterocycles. The van der Waals surface area contributed by atoms with Gasteiger partial charge in [-0.3, -0.25) is 4.72 Å². The summed E-state index contributed by atoms with van der Waals surface area (Å²) in [5.41, 5.74) is 1.33. The quantitative estimate of drug-likeness (QED) is 0.858. The summed E-state index contributed by atoms with van der Waals surface area (Å²) in [5, 5.41) is 0. The Morgan fingerprint density at radius 1 is 1.44 bits per heavy atom. The van der Waals surface area contributed by atoms with Gasteiger partial charge in [-0.2, -0.15) is 0 Å². The van der Waals surface area contributed by atoms with E-state index in [0.717, 1.165) is 4.47 Å². The number of anilines is 1. The van der Waals surface area contributed by atoms with Crippen LogP contribution in [0.3, 0.4) is 0 Å². The maximum atomic E-state index is 3.58. The standard InChI is InChI=1S/C12H17BrN2S/c1-9-4-3-5-15(9)11-6-10(13)7-12(8-11)16-14-2/h6-9,14H,3-5H2,1-2H3. The van der Waals surface area contributed by atoms with Gasteiger partial charge in [0, 0.05) is 27.6 Å². The molecule has 1 N–H and O–H groups in total. The van der Waals surface area contributed by atoms with Gasteiger partial charge in [0.25, 0.3) is 0 Å². The third-order valence-corrected chi connectivity index (χ3v) is 4.09. The Labute approximate surface area is 110 Å². The highest BCUT2D eigenvalue weighted by Gasteiger charge is 2.20. The van der Waals surface area contributed by atoms with Crippen LogP contribution in [0.5, 0.6) is 0 Å². The molecule has 0 aromatic heterocycles. The maximum absolute atomic E-state index is 3.58. The first-order chi connectivity index (χ1) is 7.70. The first kappa shape index (κ1) is 12.3. The van der Waals surface area contributed by atoms with Crippen molar-refractivity contribution in [1.29, 1.82) is 0 Å². The zero-order valence-electron chi connectivity index (χ0n) is 9.66. The molecule has 0 radical (unpaired) electrons. The Morgan fingerprint density at radius 3 is 2.88 bits per heavy atom. The van der Waals surface area contributed by atoms with Crippen LogP contribution in [-0.2, 0) is 0 Å². The lowest BCUT2D eigenvalue weighted by molar-refractivity contribution is 0.734. The summed E-state index contributed by atoms with van der Waals surface area (Å²) in [5.74, 6) is 0. The van der Waals surface area contributed by atoms with Gasteiger partial charge in [-0.15, -0.1) is 0 Å². The van der Waals surface area contributed by atoms with Crippen molar-refractivity contribution in [1.82, 2.24) is 4.72 Å². The van der Waals surface area contributed by atoms with Crippen LogP contribution in [0.25, 0.3) is 0 Å². The molecule has 1 fully saturated rings. The zero-order valence-corrected chi connectivity index (χ0v) is 12.1. The van der Waals surface area contributed by atoms with E-state index in [2.05, 4.69) is 50.7 Å². The number of rotatable bonds is 3. The predicted molar refractivity (Wildman–Crippen MR) is 75.1 cm³/mol. The van der Waals surface area contributed by atoms with Crippen LogP contribution in [0.15, 0.2) is 27.6 Å². The van der Waals surface area contributed by atoms with Gasteiger partial charge < -0.3 is 4.90 Å². The number of halogens is 1. The fraction of sp³-hybridized carbons (Fsp3) is 0.500. The van der Waals surface area contributed by atoms with E-state index in [1.54, 1.807) is 11.9 Å². The van der Waals surface area contributed by atoms with Crippen LogP contribution < -0.4 is 9.62 Å². The molecule has 0 bridgehead atoms. The number of nitrogens with one attached hydrogen (secondary N) is 1. The summed E-state index contributed by atoms with van der Waals surface area (Å²) in [6, 6.07) is 7.28. The average molecular weight is 301 g/mol. The minimum atomic E-state index is 0.668. The molecule has 88 valence electrons. The molecule has 1 aliphatic heterocycles. The highest BCUT2D eigenvalue weighted by Crippen LogP contribution is 2.31. The van der Waals surface area contributed by atoms with Gasteiger partial charge in [-0.05, 0) is 57.0 Å². The van der Waals surface area contributed by atoms with E-state index in [4.69, 9.17) is 0 Å². The maximum Gasteiger partial charge on any atom is 0.0391 e. The van der Waals surface area contributed by atoms with Crippen LogP contribution in [-0.4, -0.2) is 19.6 Å². The van der Waals surface area contributed by atoms with Crippen LogP contribution in [0.4, 0.5) is 5.69 Å². The Balaban J connectivity index is 2.25. The molecular weight excluding hydrogens is 284 g/mol. The Morgan fingerprint density at radius 2 is 2.25 bits per heavy atom. The van der Waals surface area contributed by atoms with Crippen molar-refractivity contribution in [2.24, 2.45) is 0 Å². The van der Waals surface area contributed by atoms with Gasteiger partial charge in [0.1, 0.15) is 0 Å². The number of nitrogens with zero attached hydrogens (tertiary/aromatic N) is 1. The summed E-state index contributed by atoms with van der Waals surface area (Å²) in [6.07, 6.45) is 2.61. The smallest absolute Gasteiger partial charge is 0.0391 e. The molecule has 2 nitrogen and oxygen atoms in total. The first-order valence-electron chi connectivity index (χ1n) is 5.61. The van der Waals surface area contributed by atoms with Crippen LogP contribution >= 0.6 is 27.9 Å². The molecule has 0 amide bonds. The predicted octanol–water partition coefficient (Wildman–Crippen LogP) is 3.66. The Hall–Kier alpha value is -0.190. The summed E-state index contributed by atoms with van der Waals surface area (Å²) in [4.78, 5) is 3.75. The van der Waals surface area contributed by atoms with Gasteiger partial charge >= 0.3 is 0 Å². The van der Waals surface area contributed by atoms with Crippen molar-refractivity contribution in [3.63, 3.8) is 0 Å². The highest BCUT2D eigenvalue weighted by atomic mass is 79.9. The van der Waals surface area contributed by atoms with Crippen molar-refractivity contribution >= 4 is 33.6 Å². The zero-order chi connectivity index (χ0) is 11.5.